The number of nitrogens with zero attached hydrogens (tertiary/aromatic N) is 7. The molecular weight excluding hydrogens is 328 g/mol. The quantitative estimate of drug-likeness (QED) is 0.611. The predicted octanol–water partition coefficient (Wildman–Crippen LogP) is 2.55. The molecule has 26 heavy (non-hydrogen) atoms. The third-order valence-electron chi connectivity index (χ3n) is 4.64. The van der Waals surface area contributed by atoms with Crippen molar-refractivity contribution in [3.8, 4) is 0 Å². The predicted molar refractivity (Wildman–Crippen MR) is 97.1 cm³/mol. The van der Waals surface area contributed by atoms with Gasteiger partial charge in [-0.05, 0) is 24.8 Å². The molecule has 3 aromatic heterocycles. The van der Waals surface area contributed by atoms with Gasteiger partial charge in [0.05, 0.1) is 6.54 Å². The Balaban J connectivity index is 1.46. The largest absolute Gasteiger partial charge is 0.321 e. The topological polar surface area (TPSA) is 86.3 Å². The number of hydrogen-bond donors (Lipinski definition) is 1. The zero-order valence-electron chi connectivity index (χ0n) is 14.2. The van der Waals surface area contributed by atoms with Crippen LogP contribution in [0.1, 0.15) is 24.1 Å². The summed E-state index contributed by atoms with van der Waals surface area (Å²) in [5, 5.41) is 16.4. The molecular formula is C18H18N8. The highest BCUT2D eigenvalue weighted by Gasteiger charge is 2.16. The maximum absolute atomic E-state index is 4.62. The molecule has 8 nitrogen and oxygen atoms in total. The lowest BCUT2D eigenvalue weighted by molar-refractivity contribution is 0.487. The van der Waals surface area contributed by atoms with E-state index in [1.165, 1.54) is 24.9 Å². The van der Waals surface area contributed by atoms with E-state index < -0.39 is 0 Å². The summed E-state index contributed by atoms with van der Waals surface area (Å²) in [5.41, 5.74) is 3.76. The van der Waals surface area contributed by atoms with E-state index in [1.807, 2.05) is 18.2 Å². The van der Waals surface area contributed by atoms with E-state index in [9.17, 15) is 0 Å². The first kappa shape index (κ1) is 15.0. The highest BCUT2D eigenvalue weighted by molar-refractivity contribution is 5.83. The summed E-state index contributed by atoms with van der Waals surface area (Å²) < 4.78 is 3.85. The summed E-state index contributed by atoms with van der Waals surface area (Å²) in [7, 11) is 0. The molecule has 8 heteroatoms. The molecule has 0 amide bonds. The van der Waals surface area contributed by atoms with Crippen molar-refractivity contribution >= 4 is 22.8 Å². The van der Waals surface area contributed by atoms with Gasteiger partial charge in [-0.15, -0.1) is 5.10 Å². The van der Waals surface area contributed by atoms with Gasteiger partial charge in [-0.25, -0.2) is 14.6 Å². The molecule has 0 spiro atoms. The minimum absolute atomic E-state index is 0.618. The Morgan fingerprint density at radius 2 is 2.00 bits per heavy atom. The van der Waals surface area contributed by atoms with Crippen LogP contribution in [-0.2, 0) is 19.5 Å². The molecule has 130 valence electrons. The monoisotopic (exact) mass is 346 g/mol. The summed E-state index contributed by atoms with van der Waals surface area (Å²) >= 11 is 0. The third kappa shape index (κ3) is 2.69. The minimum Gasteiger partial charge on any atom is -0.321 e. The maximum atomic E-state index is 4.62. The second-order valence-corrected chi connectivity index (χ2v) is 6.45. The molecule has 0 unspecified atom stereocenters. The number of anilines is 2. The molecule has 4 heterocycles. The SMILES string of the molecule is c1ccc(Cn2nnc3c(Nc4cc5n(n4)CCCC5)ncnc32)cc1. The molecule has 1 aliphatic heterocycles. The minimum atomic E-state index is 0.618. The van der Waals surface area contributed by atoms with Crippen LogP contribution in [0, 0.1) is 0 Å². The van der Waals surface area contributed by atoms with Crippen LogP contribution in [0.3, 0.4) is 0 Å². The van der Waals surface area contributed by atoms with E-state index in [2.05, 4.69) is 53.6 Å². The van der Waals surface area contributed by atoms with Gasteiger partial charge in [-0.1, -0.05) is 35.5 Å². The lowest BCUT2D eigenvalue weighted by atomic mass is 10.1. The summed E-state index contributed by atoms with van der Waals surface area (Å²) in [4.78, 5) is 8.71. The summed E-state index contributed by atoms with van der Waals surface area (Å²) in [5.74, 6) is 1.42. The van der Waals surface area contributed by atoms with Crippen LogP contribution in [0.15, 0.2) is 42.7 Å². The lowest BCUT2D eigenvalue weighted by Gasteiger charge is -2.11. The van der Waals surface area contributed by atoms with Gasteiger partial charge in [-0.3, -0.25) is 4.68 Å². The molecule has 0 saturated carbocycles. The molecule has 0 fully saturated rings. The van der Waals surface area contributed by atoms with Crippen molar-refractivity contribution in [2.24, 2.45) is 0 Å². The molecule has 1 aromatic carbocycles. The fraction of sp³-hybridized carbons (Fsp3) is 0.278. The maximum Gasteiger partial charge on any atom is 0.184 e. The van der Waals surface area contributed by atoms with Gasteiger partial charge >= 0.3 is 0 Å². The van der Waals surface area contributed by atoms with Crippen molar-refractivity contribution < 1.29 is 0 Å². The van der Waals surface area contributed by atoms with E-state index in [0.717, 1.165) is 24.3 Å². The van der Waals surface area contributed by atoms with Crippen molar-refractivity contribution in [3.63, 3.8) is 0 Å². The van der Waals surface area contributed by atoms with Crippen molar-refractivity contribution in [2.75, 3.05) is 5.32 Å². The molecule has 5 rings (SSSR count). The van der Waals surface area contributed by atoms with E-state index in [4.69, 9.17) is 0 Å². The number of aromatic nitrogens is 7. The number of fused-ring (bicyclic) bond motifs is 2. The molecule has 1 aliphatic rings. The zero-order valence-corrected chi connectivity index (χ0v) is 14.2. The smallest absolute Gasteiger partial charge is 0.184 e. The fourth-order valence-corrected chi connectivity index (χ4v) is 3.35. The van der Waals surface area contributed by atoms with Gasteiger partial charge in [0.15, 0.2) is 22.8 Å². The Morgan fingerprint density at radius 3 is 2.88 bits per heavy atom. The van der Waals surface area contributed by atoms with E-state index >= 15 is 0 Å². The summed E-state index contributed by atoms with van der Waals surface area (Å²) in [6.45, 7) is 1.59. The standard InChI is InChI=1S/C18H18N8/c1-2-6-13(7-3-1)11-26-18-16(22-24-26)17(19-12-20-18)21-15-10-14-8-4-5-9-25(14)23-15/h1-3,6-7,10,12H,4-5,8-9,11H2,(H,19,20,21,23). The molecule has 0 aliphatic carbocycles. The van der Waals surface area contributed by atoms with Gasteiger partial charge in [-0.2, -0.15) is 5.10 Å². The zero-order chi connectivity index (χ0) is 17.3. The van der Waals surface area contributed by atoms with Crippen LogP contribution in [-0.4, -0.2) is 34.7 Å². The number of rotatable bonds is 4. The Labute approximate surface area is 149 Å². The van der Waals surface area contributed by atoms with Crippen LogP contribution in [0.2, 0.25) is 0 Å². The van der Waals surface area contributed by atoms with Crippen molar-refractivity contribution in [1.29, 1.82) is 0 Å². The van der Waals surface area contributed by atoms with Crippen LogP contribution >= 0.6 is 0 Å². The number of nitrogens with one attached hydrogen (secondary N) is 1. The molecule has 0 atom stereocenters. The van der Waals surface area contributed by atoms with E-state index in [-0.39, 0.29) is 0 Å². The van der Waals surface area contributed by atoms with Crippen LogP contribution < -0.4 is 5.32 Å². The second kappa shape index (κ2) is 6.21. The Morgan fingerprint density at radius 1 is 1.08 bits per heavy atom. The first-order valence-electron chi connectivity index (χ1n) is 8.79. The number of hydrogen-bond acceptors (Lipinski definition) is 6. The molecule has 0 radical (unpaired) electrons. The lowest BCUT2D eigenvalue weighted by Crippen LogP contribution is -2.10. The van der Waals surface area contributed by atoms with Gasteiger partial charge in [0, 0.05) is 18.3 Å². The van der Waals surface area contributed by atoms with Gasteiger partial charge < -0.3 is 5.32 Å². The van der Waals surface area contributed by atoms with Crippen LogP contribution in [0.4, 0.5) is 11.6 Å². The first-order chi connectivity index (χ1) is 12.9. The van der Waals surface area contributed by atoms with E-state index in [0.29, 0.717) is 23.5 Å². The third-order valence-corrected chi connectivity index (χ3v) is 4.64. The molecule has 0 bridgehead atoms. The highest BCUT2D eigenvalue weighted by atomic mass is 15.4. The van der Waals surface area contributed by atoms with E-state index in [1.54, 1.807) is 4.68 Å². The fourth-order valence-electron chi connectivity index (χ4n) is 3.35. The second-order valence-electron chi connectivity index (χ2n) is 6.45. The Kier molecular flexibility index (Phi) is 3.59. The highest BCUT2D eigenvalue weighted by Crippen LogP contribution is 2.23. The average molecular weight is 346 g/mol. The van der Waals surface area contributed by atoms with Crippen molar-refractivity contribution in [1.82, 2.24) is 34.7 Å². The molecule has 1 N–H and O–H groups in total. The van der Waals surface area contributed by atoms with Crippen LogP contribution in [0.5, 0.6) is 0 Å². The average Bonchev–Trinajstić information content (AvgIpc) is 3.27. The summed E-state index contributed by atoms with van der Waals surface area (Å²) in [6.07, 6.45) is 5.00. The Hall–Kier alpha value is -3.29. The Bertz CT molecular complexity index is 1030. The van der Waals surface area contributed by atoms with Gasteiger partial charge in [0.1, 0.15) is 6.33 Å². The van der Waals surface area contributed by atoms with Crippen LogP contribution in [0.25, 0.3) is 11.2 Å². The van der Waals surface area contributed by atoms with Crippen molar-refractivity contribution in [2.45, 2.75) is 32.4 Å². The first-order valence-corrected chi connectivity index (χ1v) is 8.79. The molecule has 4 aromatic rings. The number of benzene rings is 1. The van der Waals surface area contributed by atoms with Gasteiger partial charge in [0.25, 0.3) is 0 Å². The normalized spacial score (nSPS) is 13.7. The molecule has 0 saturated heterocycles. The summed E-state index contributed by atoms with van der Waals surface area (Å²) in [6, 6.07) is 12.2. The number of aryl methyl sites for hydroxylation is 2. The van der Waals surface area contributed by atoms with Crippen molar-refractivity contribution in [3.05, 3.63) is 54.0 Å². The van der Waals surface area contributed by atoms with Gasteiger partial charge in [0.2, 0.25) is 0 Å².